The summed E-state index contributed by atoms with van der Waals surface area (Å²) in [5, 5.41) is 3.49. The molecule has 3 heteroatoms. The van der Waals surface area contributed by atoms with Crippen LogP contribution in [0.25, 0.3) is 0 Å². The van der Waals surface area contributed by atoms with Crippen molar-refractivity contribution >= 4 is 11.5 Å². The first kappa shape index (κ1) is 11.2. The zero-order valence-electron chi connectivity index (χ0n) is 10.1. The number of aromatic nitrogens is 1. The van der Waals surface area contributed by atoms with E-state index in [0.717, 1.165) is 23.3 Å². The van der Waals surface area contributed by atoms with Gasteiger partial charge in [0.15, 0.2) is 0 Å². The minimum atomic E-state index is 0.572. The first-order chi connectivity index (χ1) is 7.65. The molecule has 0 aliphatic heterocycles. The highest BCUT2D eigenvalue weighted by Crippen LogP contribution is 2.30. The van der Waals surface area contributed by atoms with Crippen molar-refractivity contribution in [2.24, 2.45) is 11.8 Å². The molecule has 1 aliphatic rings. The number of nitrogens with zero attached hydrogens (tertiary/aromatic N) is 1. The third kappa shape index (κ3) is 2.65. The minimum absolute atomic E-state index is 0.572. The molecule has 1 saturated carbocycles. The van der Waals surface area contributed by atoms with E-state index in [4.69, 9.17) is 5.73 Å². The van der Waals surface area contributed by atoms with Gasteiger partial charge in [-0.05, 0) is 43.2 Å². The maximum Gasteiger partial charge on any atom is 0.126 e. The Labute approximate surface area is 97.5 Å². The summed E-state index contributed by atoms with van der Waals surface area (Å²) in [7, 11) is 0. The van der Waals surface area contributed by atoms with Gasteiger partial charge in [-0.3, -0.25) is 0 Å². The molecule has 1 aliphatic carbocycles. The first-order valence-electron chi connectivity index (χ1n) is 6.13. The molecular formula is C13H21N3. The van der Waals surface area contributed by atoms with Gasteiger partial charge in [0.2, 0.25) is 0 Å². The van der Waals surface area contributed by atoms with Crippen LogP contribution >= 0.6 is 0 Å². The number of hydrogen-bond donors (Lipinski definition) is 2. The Kier molecular flexibility index (Phi) is 3.32. The molecule has 16 heavy (non-hydrogen) atoms. The van der Waals surface area contributed by atoms with Gasteiger partial charge in [-0.2, -0.15) is 0 Å². The highest BCUT2D eigenvalue weighted by Gasteiger charge is 2.24. The number of pyridine rings is 1. The molecule has 1 fully saturated rings. The second kappa shape index (κ2) is 4.73. The Hall–Kier alpha value is -1.25. The Morgan fingerprint density at radius 3 is 2.69 bits per heavy atom. The number of anilines is 2. The van der Waals surface area contributed by atoms with Gasteiger partial charge in [-0.15, -0.1) is 0 Å². The van der Waals surface area contributed by atoms with Crippen LogP contribution in [0.4, 0.5) is 11.5 Å². The third-order valence-corrected chi connectivity index (χ3v) is 3.74. The summed E-state index contributed by atoms with van der Waals surface area (Å²) in [5.41, 5.74) is 6.33. The van der Waals surface area contributed by atoms with Gasteiger partial charge >= 0.3 is 0 Å². The topological polar surface area (TPSA) is 50.9 Å². The van der Waals surface area contributed by atoms with Crippen molar-refractivity contribution in [1.82, 2.24) is 4.98 Å². The monoisotopic (exact) mass is 219 g/mol. The molecular weight excluding hydrogens is 198 g/mol. The molecule has 1 heterocycles. The summed E-state index contributed by atoms with van der Waals surface area (Å²) >= 11 is 0. The number of nitrogen functional groups attached to an aromatic ring is 1. The van der Waals surface area contributed by atoms with Gasteiger partial charge in [-0.25, -0.2) is 4.98 Å². The van der Waals surface area contributed by atoms with Gasteiger partial charge in [-0.1, -0.05) is 13.8 Å². The van der Waals surface area contributed by atoms with E-state index in [0.29, 0.717) is 6.04 Å². The van der Waals surface area contributed by atoms with Crippen LogP contribution in [0.3, 0.4) is 0 Å². The van der Waals surface area contributed by atoms with E-state index in [1.54, 1.807) is 6.20 Å². The lowest BCUT2D eigenvalue weighted by molar-refractivity contribution is 0.260. The van der Waals surface area contributed by atoms with Crippen LogP contribution in [0, 0.1) is 11.8 Å². The second-order valence-corrected chi connectivity index (χ2v) is 5.09. The summed E-state index contributed by atoms with van der Waals surface area (Å²) in [4.78, 5) is 4.28. The molecule has 0 amide bonds. The number of nitrogens with one attached hydrogen (secondary N) is 1. The van der Waals surface area contributed by atoms with Crippen LogP contribution in [0.5, 0.6) is 0 Å². The fourth-order valence-corrected chi connectivity index (χ4v) is 2.38. The molecule has 3 unspecified atom stereocenters. The molecule has 0 spiro atoms. The predicted octanol–water partition coefficient (Wildman–Crippen LogP) is 2.90. The lowest BCUT2D eigenvalue weighted by Crippen LogP contribution is -2.30. The minimum Gasteiger partial charge on any atom is -0.397 e. The Morgan fingerprint density at radius 2 is 2.06 bits per heavy atom. The van der Waals surface area contributed by atoms with Crippen LogP contribution in [0.2, 0.25) is 0 Å². The van der Waals surface area contributed by atoms with E-state index >= 15 is 0 Å². The highest BCUT2D eigenvalue weighted by molar-refractivity contribution is 5.44. The van der Waals surface area contributed by atoms with Crippen molar-refractivity contribution in [2.45, 2.75) is 39.2 Å². The zero-order chi connectivity index (χ0) is 11.5. The molecule has 0 bridgehead atoms. The zero-order valence-corrected chi connectivity index (χ0v) is 10.1. The Bertz CT molecular complexity index is 334. The third-order valence-electron chi connectivity index (χ3n) is 3.74. The average Bonchev–Trinajstić information content (AvgIpc) is 2.27. The van der Waals surface area contributed by atoms with E-state index in [-0.39, 0.29) is 0 Å². The average molecular weight is 219 g/mol. The largest absolute Gasteiger partial charge is 0.397 e. The first-order valence-corrected chi connectivity index (χ1v) is 6.13. The van der Waals surface area contributed by atoms with Crippen LogP contribution in [-0.2, 0) is 0 Å². The van der Waals surface area contributed by atoms with E-state index in [9.17, 15) is 0 Å². The molecule has 3 nitrogen and oxygen atoms in total. The lowest BCUT2D eigenvalue weighted by Gasteiger charge is -2.32. The summed E-state index contributed by atoms with van der Waals surface area (Å²) in [6.45, 7) is 4.69. The highest BCUT2D eigenvalue weighted by atomic mass is 15.0. The van der Waals surface area contributed by atoms with E-state index in [1.165, 1.54) is 19.3 Å². The van der Waals surface area contributed by atoms with Crippen molar-refractivity contribution in [1.29, 1.82) is 0 Å². The quantitative estimate of drug-likeness (QED) is 0.804. The predicted molar refractivity (Wildman–Crippen MR) is 68.2 cm³/mol. The van der Waals surface area contributed by atoms with Gasteiger partial charge in [0.1, 0.15) is 5.82 Å². The van der Waals surface area contributed by atoms with Gasteiger partial charge in [0, 0.05) is 6.04 Å². The molecule has 1 aromatic rings. The molecule has 0 aromatic carbocycles. The van der Waals surface area contributed by atoms with Gasteiger partial charge < -0.3 is 11.1 Å². The maximum atomic E-state index is 5.61. The van der Waals surface area contributed by atoms with Gasteiger partial charge in [0.25, 0.3) is 0 Å². The normalized spacial score (nSPS) is 30.0. The molecule has 0 radical (unpaired) electrons. The standard InChI is InChI=1S/C13H21N3/c1-9-3-5-12(7-10(9)2)16-13-6-4-11(14)8-15-13/h4,6,8-10,12H,3,5,7,14H2,1-2H3,(H,15,16). The summed E-state index contributed by atoms with van der Waals surface area (Å²) < 4.78 is 0. The summed E-state index contributed by atoms with van der Waals surface area (Å²) in [5.74, 6) is 2.61. The SMILES string of the molecule is CC1CCC(Nc2ccc(N)cn2)CC1C. The van der Waals surface area contributed by atoms with Crippen LogP contribution in [0.1, 0.15) is 33.1 Å². The van der Waals surface area contributed by atoms with E-state index in [1.807, 2.05) is 12.1 Å². The molecule has 2 rings (SSSR count). The van der Waals surface area contributed by atoms with E-state index < -0.39 is 0 Å². The molecule has 0 saturated heterocycles. The fourth-order valence-electron chi connectivity index (χ4n) is 2.38. The smallest absolute Gasteiger partial charge is 0.126 e. The maximum absolute atomic E-state index is 5.61. The van der Waals surface area contributed by atoms with Crippen molar-refractivity contribution in [3.05, 3.63) is 18.3 Å². The fraction of sp³-hybridized carbons (Fsp3) is 0.615. The van der Waals surface area contributed by atoms with Crippen molar-refractivity contribution in [2.75, 3.05) is 11.1 Å². The second-order valence-electron chi connectivity index (χ2n) is 5.09. The number of nitrogens with two attached hydrogens (primary N) is 1. The molecule has 3 atom stereocenters. The Morgan fingerprint density at radius 1 is 1.25 bits per heavy atom. The van der Waals surface area contributed by atoms with Crippen molar-refractivity contribution in [3.8, 4) is 0 Å². The van der Waals surface area contributed by atoms with Gasteiger partial charge in [0.05, 0.1) is 11.9 Å². The molecule has 3 N–H and O–H groups in total. The van der Waals surface area contributed by atoms with Crippen LogP contribution < -0.4 is 11.1 Å². The molecule has 1 aromatic heterocycles. The summed E-state index contributed by atoms with van der Waals surface area (Å²) in [6, 6.07) is 4.42. The van der Waals surface area contributed by atoms with Crippen molar-refractivity contribution in [3.63, 3.8) is 0 Å². The Balaban J connectivity index is 1.93. The number of hydrogen-bond acceptors (Lipinski definition) is 3. The lowest BCUT2D eigenvalue weighted by atomic mass is 9.79. The summed E-state index contributed by atoms with van der Waals surface area (Å²) in [6.07, 6.45) is 5.51. The van der Waals surface area contributed by atoms with Crippen LogP contribution in [0.15, 0.2) is 18.3 Å². The van der Waals surface area contributed by atoms with Crippen molar-refractivity contribution < 1.29 is 0 Å². The van der Waals surface area contributed by atoms with E-state index in [2.05, 4.69) is 24.1 Å². The van der Waals surface area contributed by atoms with Crippen LogP contribution in [-0.4, -0.2) is 11.0 Å². The number of rotatable bonds is 2. The molecule has 88 valence electrons.